The molecule has 3 rings (SSSR count). The maximum Gasteiger partial charge on any atom is 0.251 e. The summed E-state index contributed by atoms with van der Waals surface area (Å²) in [5, 5.41) is 6.45. The van der Waals surface area contributed by atoms with Crippen molar-refractivity contribution >= 4 is 5.91 Å². The molecule has 20 heavy (non-hydrogen) atoms. The summed E-state index contributed by atoms with van der Waals surface area (Å²) in [7, 11) is 0. The Hall–Kier alpha value is -1.35. The summed E-state index contributed by atoms with van der Waals surface area (Å²) in [4.78, 5) is 12.2. The van der Waals surface area contributed by atoms with Gasteiger partial charge in [0.15, 0.2) is 0 Å². The van der Waals surface area contributed by atoms with Crippen LogP contribution in [0.5, 0.6) is 0 Å². The van der Waals surface area contributed by atoms with E-state index in [9.17, 15) is 4.79 Å². The largest absolute Gasteiger partial charge is 0.352 e. The van der Waals surface area contributed by atoms with Crippen LogP contribution >= 0.6 is 0 Å². The number of carbonyl (C=O) groups is 1. The molecular weight excluding hydrogens is 248 g/mol. The number of carbonyl (C=O) groups excluding carboxylic acids is 1. The van der Waals surface area contributed by atoms with E-state index in [2.05, 4.69) is 29.7 Å². The van der Waals surface area contributed by atoms with Crippen LogP contribution in [0.25, 0.3) is 0 Å². The van der Waals surface area contributed by atoms with Crippen molar-refractivity contribution in [3.8, 4) is 0 Å². The van der Waals surface area contributed by atoms with Gasteiger partial charge in [-0.1, -0.05) is 12.1 Å². The van der Waals surface area contributed by atoms with Gasteiger partial charge in [-0.15, -0.1) is 0 Å². The second-order valence-corrected chi connectivity index (χ2v) is 6.25. The molecule has 0 spiro atoms. The molecule has 2 fully saturated rings. The third-order valence-electron chi connectivity index (χ3n) is 4.55. The number of hydrogen-bond acceptors (Lipinski definition) is 2. The molecule has 108 valence electrons. The molecule has 1 heterocycles. The Morgan fingerprint density at radius 2 is 2.00 bits per heavy atom. The van der Waals surface area contributed by atoms with Crippen LogP contribution in [0.2, 0.25) is 0 Å². The lowest BCUT2D eigenvalue weighted by Gasteiger charge is -2.23. The van der Waals surface area contributed by atoms with E-state index in [4.69, 9.17) is 0 Å². The molecular formula is C17H24N2O. The first-order chi connectivity index (χ1) is 9.74. The van der Waals surface area contributed by atoms with Gasteiger partial charge in [-0.2, -0.15) is 0 Å². The molecule has 0 radical (unpaired) electrons. The minimum atomic E-state index is 0.0891. The number of amides is 1. The fourth-order valence-corrected chi connectivity index (χ4v) is 3.01. The molecule has 1 aromatic carbocycles. The Bertz CT molecular complexity index is 488. The molecule has 2 N–H and O–H groups in total. The first-order valence-electron chi connectivity index (χ1n) is 7.83. The van der Waals surface area contributed by atoms with E-state index in [1.54, 1.807) is 0 Å². The van der Waals surface area contributed by atoms with Crippen LogP contribution in [-0.2, 0) is 0 Å². The maximum atomic E-state index is 12.2. The van der Waals surface area contributed by atoms with Crippen LogP contribution < -0.4 is 10.6 Å². The standard InChI is InChI=1S/C17H24N2O/c1-12-10-15(14-6-8-18-9-7-14)4-5-16(12)17(20)19-11-13-2-3-13/h4-5,10,13-14,18H,2-3,6-9,11H2,1H3,(H,19,20). The monoisotopic (exact) mass is 272 g/mol. The molecule has 0 aromatic heterocycles. The normalized spacial score (nSPS) is 19.9. The van der Waals surface area contributed by atoms with Crippen LogP contribution in [0.4, 0.5) is 0 Å². The molecule has 1 aromatic rings. The molecule has 0 unspecified atom stereocenters. The summed E-state index contributed by atoms with van der Waals surface area (Å²) in [6.07, 6.45) is 4.95. The Morgan fingerprint density at radius 3 is 2.65 bits per heavy atom. The van der Waals surface area contributed by atoms with Gasteiger partial charge < -0.3 is 10.6 Å². The maximum absolute atomic E-state index is 12.2. The van der Waals surface area contributed by atoms with Crippen LogP contribution in [-0.4, -0.2) is 25.5 Å². The highest BCUT2D eigenvalue weighted by atomic mass is 16.1. The number of benzene rings is 1. The van der Waals surface area contributed by atoms with Crippen LogP contribution in [0.15, 0.2) is 18.2 Å². The zero-order valence-corrected chi connectivity index (χ0v) is 12.2. The molecule has 0 atom stereocenters. The van der Waals surface area contributed by atoms with Gasteiger partial charge in [0.2, 0.25) is 0 Å². The highest BCUT2D eigenvalue weighted by Crippen LogP contribution is 2.28. The molecule has 3 nitrogen and oxygen atoms in total. The zero-order chi connectivity index (χ0) is 13.9. The highest BCUT2D eigenvalue weighted by molar-refractivity contribution is 5.95. The fourth-order valence-electron chi connectivity index (χ4n) is 3.01. The topological polar surface area (TPSA) is 41.1 Å². The molecule has 1 saturated heterocycles. The third kappa shape index (κ3) is 3.21. The van der Waals surface area contributed by atoms with E-state index in [1.165, 1.54) is 31.2 Å². The number of rotatable bonds is 4. The molecule has 2 aliphatic rings. The summed E-state index contributed by atoms with van der Waals surface area (Å²) in [6, 6.07) is 6.37. The second kappa shape index (κ2) is 5.96. The van der Waals surface area contributed by atoms with Crippen LogP contribution in [0.3, 0.4) is 0 Å². The summed E-state index contributed by atoms with van der Waals surface area (Å²) >= 11 is 0. The Kier molecular flexibility index (Phi) is 4.06. The minimum absolute atomic E-state index is 0.0891. The summed E-state index contributed by atoms with van der Waals surface area (Å²) in [5.41, 5.74) is 3.33. The van der Waals surface area contributed by atoms with Crippen molar-refractivity contribution in [2.45, 2.75) is 38.5 Å². The quantitative estimate of drug-likeness (QED) is 0.884. The van der Waals surface area contributed by atoms with Crippen molar-refractivity contribution in [2.75, 3.05) is 19.6 Å². The van der Waals surface area contributed by atoms with Gasteiger partial charge >= 0.3 is 0 Å². The van der Waals surface area contributed by atoms with Gasteiger partial charge in [-0.05, 0) is 74.7 Å². The number of piperidine rings is 1. The third-order valence-corrected chi connectivity index (χ3v) is 4.55. The summed E-state index contributed by atoms with van der Waals surface area (Å²) < 4.78 is 0. The molecule has 1 saturated carbocycles. The van der Waals surface area contributed by atoms with Crippen LogP contribution in [0, 0.1) is 12.8 Å². The SMILES string of the molecule is Cc1cc(C2CCNCC2)ccc1C(=O)NCC1CC1. The van der Waals surface area contributed by atoms with Crippen molar-refractivity contribution < 1.29 is 4.79 Å². The molecule has 1 aliphatic heterocycles. The van der Waals surface area contributed by atoms with E-state index in [0.29, 0.717) is 5.92 Å². The van der Waals surface area contributed by atoms with Crippen molar-refractivity contribution in [3.63, 3.8) is 0 Å². The van der Waals surface area contributed by atoms with Gasteiger partial charge in [0.1, 0.15) is 0 Å². The van der Waals surface area contributed by atoms with E-state index in [-0.39, 0.29) is 5.91 Å². The fraction of sp³-hybridized carbons (Fsp3) is 0.588. The summed E-state index contributed by atoms with van der Waals surface area (Å²) in [5.74, 6) is 1.47. The predicted octanol–water partition coefficient (Wildman–Crippen LogP) is 2.60. The van der Waals surface area contributed by atoms with Crippen molar-refractivity contribution in [1.82, 2.24) is 10.6 Å². The molecule has 1 amide bonds. The smallest absolute Gasteiger partial charge is 0.251 e. The highest BCUT2D eigenvalue weighted by Gasteiger charge is 2.22. The minimum Gasteiger partial charge on any atom is -0.352 e. The first kappa shape index (κ1) is 13.6. The second-order valence-electron chi connectivity index (χ2n) is 6.25. The first-order valence-corrected chi connectivity index (χ1v) is 7.83. The van der Waals surface area contributed by atoms with E-state index in [1.807, 2.05) is 6.07 Å². The Balaban J connectivity index is 1.67. The predicted molar refractivity (Wildman–Crippen MR) is 81.1 cm³/mol. The molecule has 3 heteroatoms. The van der Waals surface area contributed by atoms with Gasteiger partial charge in [0, 0.05) is 12.1 Å². The molecule has 1 aliphatic carbocycles. The number of hydrogen-bond donors (Lipinski definition) is 2. The van der Waals surface area contributed by atoms with Gasteiger partial charge in [0.05, 0.1) is 0 Å². The Morgan fingerprint density at radius 1 is 1.25 bits per heavy atom. The number of aryl methyl sites for hydroxylation is 1. The van der Waals surface area contributed by atoms with Crippen molar-refractivity contribution in [2.24, 2.45) is 5.92 Å². The lowest BCUT2D eigenvalue weighted by molar-refractivity contribution is 0.0951. The average Bonchev–Trinajstić information content (AvgIpc) is 3.30. The van der Waals surface area contributed by atoms with Gasteiger partial charge in [-0.3, -0.25) is 4.79 Å². The lowest BCUT2D eigenvalue weighted by Crippen LogP contribution is -2.27. The van der Waals surface area contributed by atoms with E-state index in [0.717, 1.165) is 36.7 Å². The van der Waals surface area contributed by atoms with Crippen molar-refractivity contribution in [1.29, 1.82) is 0 Å². The van der Waals surface area contributed by atoms with Gasteiger partial charge in [-0.25, -0.2) is 0 Å². The zero-order valence-electron chi connectivity index (χ0n) is 12.2. The van der Waals surface area contributed by atoms with Crippen molar-refractivity contribution in [3.05, 3.63) is 34.9 Å². The number of nitrogens with one attached hydrogen (secondary N) is 2. The van der Waals surface area contributed by atoms with Crippen LogP contribution in [0.1, 0.15) is 53.1 Å². The summed E-state index contributed by atoms with van der Waals surface area (Å²) in [6.45, 7) is 5.10. The van der Waals surface area contributed by atoms with E-state index < -0.39 is 0 Å². The Labute approximate surface area is 121 Å². The van der Waals surface area contributed by atoms with E-state index >= 15 is 0 Å². The lowest BCUT2D eigenvalue weighted by atomic mass is 9.88. The van der Waals surface area contributed by atoms with Gasteiger partial charge in [0.25, 0.3) is 5.91 Å². The average molecular weight is 272 g/mol. The molecule has 0 bridgehead atoms.